The number of nitrogens with zero attached hydrogens (tertiary/aromatic N) is 2. The van der Waals surface area contributed by atoms with Crippen LogP contribution in [0.4, 0.5) is 0 Å². The maximum absolute atomic E-state index is 6.00. The van der Waals surface area contributed by atoms with Gasteiger partial charge in [0.15, 0.2) is 5.82 Å². The smallest absolute Gasteiger partial charge is 0.214 e. The third-order valence-electron chi connectivity index (χ3n) is 3.69. The van der Waals surface area contributed by atoms with E-state index >= 15 is 0 Å². The first-order chi connectivity index (χ1) is 12.2. The van der Waals surface area contributed by atoms with Crippen molar-refractivity contribution in [1.29, 1.82) is 0 Å². The standard InChI is InChI=1S/C18H19ClN4OS/c1-2-17-21-22-18(25)23(17)20-11-13-5-4-8-16(10-13)24-12-14-6-3-7-15(19)9-14/h3-10,20H,2,11-12H2,1H3,(H,22,25). The zero-order chi connectivity index (χ0) is 17.6. The average Bonchev–Trinajstić information content (AvgIpc) is 2.98. The first-order valence-corrected chi connectivity index (χ1v) is 8.80. The second-order valence-corrected chi connectivity index (χ2v) is 6.36. The molecule has 1 aromatic heterocycles. The van der Waals surface area contributed by atoms with Gasteiger partial charge in [-0.15, -0.1) is 0 Å². The largest absolute Gasteiger partial charge is 0.489 e. The fourth-order valence-corrected chi connectivity index (χ4v) is 2.87. The first kappa shape index (κ1) is 17.5. The highest BCUT2D eigenvalue weighted by Gasteiger charge is 2.04. The highest BCUT2D eigenvalue weighted by molar-refractivity contribution is 7.71. The Hall–Kier alpha value is -2.31. The van der Waals surface area contributed by atoms with Crippen LogP contribution in [0.3, 0.4) is 0 Å². The van der Waals surface area contributed by atoms with Crippen molar-refractivity contribution in [1.82, 2.24) is 14.9 Å². The summed E-state index contributed by atoms with van der Waals surface area (Å²) in [5, 5.41) is 7.69. The van der Waals surface area contributed by atoms with Gasteiger partial charge in [-0.3, -0.25) is 5.10 Å². The van der Waals surface area contributed by atoms with Crippen molar-refractivity contribution < 1.29 is 4.74 Å². The van der Waals surface area contributed by atoms with Crippen LogP contribution < -0.4 is 10.2 Å². The minimum Gasteiger partial charge on any atom is -0.489 e. The molecule has 0 aliphatic carbocycles. The van der Waals surface area contributed by atoms with Crippen molar-refractivity contribution in [3.8, 4) is 5.75 Å². The predicted molar refractivity (Wildman–Crippen MR) is 102 cm³/mol. The summed E-state index contributed by atoms with van der Waals surface area (Å²) >= 11 is 11.2. The van der Waals surface area contributed by atoms with Crippen molar-refractivity contribution >= 4 is 23.8 Å². The van der Waals surface area contributed by atoms with Gasteiger partial charge in [0, 0.05) is 11.4 Å². The Morgan fingerprint density at radius 1 is 1.20 bits per heavy atom. The molecule has 0 fully saturated rings. The molecule has 2 N–H and O–H groups in total. The van der Waals surface area contributed by atoms with E-state index < -0.39 is 0 Å². The molecule has 5 nitrogen and oxygen atoms in total. The molecule has 1 heterocycles. The van der Waals surface area contributed by atoms with E-state index in [0.717, 1.165) is 29.1 Å². The second kappa shape index (κ2) is 8.18. The summed E-state index contributed by atoms with van der Waals surface area (Å²) in [7, 11) is 0. The molecule has 0 unspecified atom stereocenters. The normalized spacial score (nSPS) is 10.6. The number of halogens is 1. The molecule has 130 valence electrons. The molecule has 3 rings (SSSR count). The number of hydrogen-bond donors (Lipinski definition) is 2. The fraction of sp³-hybridized carbons (Fsp3) is 0.222. The van der Waals surface area contributed by atoms with Crippen molar-refractivity contribution in [3.63, 3.8) is 0 Å². The lowest BCUT2D eigenvalue weighted by Crippen LogP contribution is -2.17. The fourth-order valence-electron chi connectivity index (χ4n) is 2.44. The van der Waals surface area contributed by atoms with Crippen LogP contribution in [-0.4, -0.2) is 14.9 Å². The van der Waals surface area contributed by atoms with E-state index in [4.69, 9.17) is 28.6 Å². The first-order valence-electron chi connectivity index (χ1n) is 8.02. The SMILES string of the molecule is CCc1n[nH]c(=S)n1NCc1cccc(OCc2cccc(Cl)c2)c1. The summed E-state index contributed by atoms with van der Waals surface area (Å²) in [4.78, 5) is 0. The molecule has 0 bridgehead atoms. The van der Waals surface area contributed by atoms with E-state index in [9.17, 15) is 0 Å². The van der Waals surface area contributed by atoms with E-state index in [1.165, 1.54) is 0 Å². The predicted octanol–water partition coefficient (Wildman–Crippen LogP) is 4.48. The molecule has 25 heavy (non-hydrogen) atoms. The van der Waals surface area contributed by atoms with Crippen LogP contribution in [0.5, 0.6) is 5.75 Å². The number of rotatable bonds is 7. The quantitative estimate of drug-likeness (QED) is 0.599. The number of benzene rings is 2. The lowest BCUT2D eigenvalue weighted by atomic mass is 10.2. The molecule has 0 amide bonds. The lowest BCUT2D eigenvalue weighted by Gasteiger charge is -2.11. The maximum atomic E-state index is 6.00. The van der Waals surface area contributed by atoms with Gasteiger partial charge in [-0.1, -0.05) is 42.8 Å². The Bertz CT molecular complexity index is 906. The van der Waals surface area contributed by atoms with Gasteiger partial charge in [0.25, 0.3) is 0 Å². The number of aryl methyl sites for hydroxylation is 1. The summed E-state index contributed by atoms with van der Waals surface area (Å²) < 4.78 is 8.22. The van der Waals surface area contributed by atoms with Crippen molar-refractivity contribution in [2.24, 2.45) is 0 Å². The molecular formula is C18H19ClN4OS. The topological polar surface area (TPSA) is 54.9 Å². The lowest BCUT2D eigenvalue weighted by molar-refractivity contribution is 0.306. The molecule has 0 spiro atoms. The highest BCUT2D eigenvalue weighted by Crippen LogP contribution is 2.17. The minimum atomic E-state index is 0.476. The molecule has 0 saturated carbocycles. The molecule has 2 aromatic carbocycles. The van der Waals surface area contributed by atoms with Crippen LogP contribution in [0.1, 0.15) is 23.9 Å². The molecule has 0 aliphatic rings. The molecule has 0 atom stereocenters. The van der Waals surface area contributed by atoms with Crippen LogP contribution in [0.15, 0.2) is 48.5 Å². The Kier molecular flexibility index (Phi) is 5.73. The number of aromatic amines is 1. The van der Waals surface area contributed by atoms with E-state index in [1.807, 2.05) is 55.5 Å². The molecule has 3 aromatic rings. The zero-order valence-electron chi connectivity index (χ0n) is 13.8. The van der Waals surface area contributed by atoms with Gasteiger partial charge in [0.1, 0.15) is 12.4 Å². The Morgan fingerprint density at radius 3 is 2.80 bits per heavy atom. The molecule has 0 radical (unpaired) electrons. The number of nitrogens with one attached hydrogen (secondary N) is 2. The molecular weight excluding hydrogens is 356 g/mol. The van der Waals surface area contributed by atoms with Crippen LogP contribution in [-0.2, 0) is 19.6 Å². The third kappa shape index (κ3) is 4.61. The Balaban J connectivity index is 1.63. The van der Waals surface area contributed by atoms with Gasteiger partial charge in [0.2, 0.25) is 4.77 Å². The number of ether oxygens (including phenoxy) is 1. The van der Waals surface area contributed by atoms with Crippen LogP contribution in [0.25, 0.3) is 0 Å². The number of aromatic nitrogens is 3. The monoisotopic (exact) mass is 374 g/mol. The molecule has 0 aliphatic heterocycles. The minimum absolute atomic E-state index is 0.476. The van der Waals surface area contributed by atoms with Crippen LogP contribution in [0, 0.1) is 4.77 Å². The Labute approximate surface area is 156 Å². The second-order valence-electron chi connectivity index (χ2n) is 5.53. The van der Waals surface area contributed by atoms with Crippen molar-refractivity contribution in [3.05, 3.63) is 75.3 Å². The van der Waals surface area contributed by atoms with E-state index in [0.29, 0.717) is 22.9 Å². The van der Waals surface area contributed by atoms with E-state index in [-0.39, 0.29) is 0 Å². The van der Waals surface area contributed by atoms with Crippen molar-refractivity contribution in [2.75, 3.05) is 5.43 Å². The number of hydrogen-bond acceptors (Lipinski definition) is 4. The molecule has 7 heteroatoms. The summed E-state index contributed by atoms with van der Waals surface area (Å²) in [5.41, 5.74) is 5.41. The van der Waals surface area contributed by atoms with Gasteiger partial charge in [-0.2, -0.15) is 5.10 Å². The summed E-state index contributed by atoms with van der Waals surface area (Å²) in [6.45, 7) is 3.13. The van der Waals surface area contributed by atoms with Gasteiger partial charge < -0.3 is 10.2 Å². The van der Waals surface area contributed by atoms with Gasteiger partial charge >= 0.3 is 0 Å². The zero-order valence-corrected chi connectivity index (χ0v) is 15.4. The summed E-state index contributed by atoms with van der Waals surface area (Å²) in [5.74, 6) is 1.68. The highest BCUT2D eigenvalue weighted by atomic mass is 35.5. The number of H-pyrrole nitrogens is 1. The van der Waals surface area contributed by atoms with Crippen molar-refractivity contribution in [2.45, 2.75) is 26.5 Å². The summed E-state index contributed by atoms with van der Waals surface area (Å²) in [6, 6.07) is 15.6. The summed E-state index contributed by atoms with van der Waals surface area (Å²) in [6.07, 6.45) is 0.795. The van der Waals surface area contributed by atoms with Crippen LogP contribution in [0.2, 0.25) is 5.02 Å². The van der Waals surface area contributed by atoms with Gasteiger partial charge in [0.05, 0.1) is 6.54 Å². The third-order valence-corrected chi connectivity index (χ3v) is 4.20. The molecule has 0 saturated heterocycles. The van der Waals surface area contributed by atoms with Gasteiger partial charge in [-0.25, -0.2) is 4.68 Å². The van der Waals surface area contributed by atoms with Crippen LogP contribution >= 0.6 is 23.8 Å². The van der Waals surface area contributed by atoms with E-state index in [2.05, 4.69) is 15.6 Å². The van der Waals surface area contributed by atoms with E-state index in [1.54, 1.807) is 4.68 Å². The average molecular weight is 375 g/mol. The maximum Gasteiger partial charge on any atom is 0.214 e. The Morgan fingerprint density at radius 2 is 2.00 bits per heavy atom. The van der Waals surface area contributed by atoms with Gasteiger partial charge in [-0.05, 0) is 47.6 Å².